The number of hydrogen-bond acceptors (Lipinski definition) is 4. The van der Waals surface area contributed by atoms with Gasteiger partial charge in [-0.05, 0) is 60.4 Å². The van der Waals surface area contributed by atoms with Crippen LogP contribution in [0.25, 0.3) is 0 Å². The van der Waals surface area contributed by atoms with Crippen LogP contribution in [0.4, 0.5) is 4.39 Å². The van der Waals surface area contributed by atoms with Gasteiger partial charge >= 0.3 is 0 Å². The second-order valence-corrected chi connectivity index (χ2v) is 7.46. The molecule has 0 saturated heterocycles. The smallest absolute Gasteiger partial charge is 0.220 e. The summed E-state index contributed by atoms with van der Waals surface area (Å²) in [6, 6.07) is 13.3. The van der Waals surface area contributed by atoms with Crippen LogP contribution in [0, 0.1) is 11.7 Å². The minimum absolute atomic E-state index is 0.0412. The fourth-order valence-corrected chi connectivity index (χ4v) is 3.21. The maximum atomic E-state index is 13.0. The van der Waals surface area contributed by atoms with Crippen LogP contribution in [0.15, 0.2) is 59.1 Å². The van der Waals surface area contributed by atoms with E-state index >= 15 is 0 Å². The van der Waals surface area contributed by atoms with E-state index in [4.69, 9.17) is 9.15 Å². The first kappa shape index (κ1) is 19.2. The molecule has 1 aliphatic carbocycles. The fourth-order valence-electron chi connectivity index (χ4n) is 3.21. The van der Waals surface area contributed by atoms with Gasteiger partial charge in [0.1, 0.15) is 23.1 Å². The molecule has 2 heterocycles. The predicted molar refractivity (Wildman–Crippen MR) is 106 cm³/mol. The van der Waals surface area contributed by atoms with Gasteiger partial charge in [-0.3, -0.25) is 4.79 Å². The summed E-state index contributed by atoms with van der Waals surface area (Å²) in [5, 5.41) is 2.90. The topological polar surface area (TPSA) is 64.4 Å². The third-order valence-corrected chi connectivity index (χ3v) is 5.08. The molecule has 4 rings (SSSR count). The molecule has 0 radical (unpaired) electrons. The first-order valence-electron chi connectivity index (χ1n) is 9.80. The lowest BCUT2D eigenvalue weighted by Crippen LogP contribution is -2.23. The molecule has 1 fully saturated rings. The minimum Gasteiger partial charge on any atom is -0.466 e. The zero-order chi connectivity index (χ0) is 20.2. The van der Waals surface area contributed by atoms with Crippen molar-refractivity contribution in [2.24, 2.45) is 5.92 Å². The second-order valence-electron chi connectivity index (χ2n) is 7.46. The van der Waals surface area contributed by atoms with Gasteiger partial charge < -0.3 is 14.5 Å². The largest absolute Gasteiger partial charge is 0.466 e. The normalized spacial score (nSPS) is 17.7. The maximum Gasteiger partial charge on any atom is 0.220 e. The van der Waals surface area contributed by atoms with E-state index in [9.17, 15) is 9.18 Å². The number of furan rings is 1. The molecular weight excluding hydrogens is 371 g/mol. The first-order valence-corrected chi connectivity index (χ1v) is 9.80. The van der Waals surface area contributed by atoms with E-state index in [1.807, 2.05) is 18.2 Å². The highest BCUT2D eigenvalue weighted by molar-refractivity contribution is 5.76. The Bertz CT molecular complexity index is 984. The first-order chi connectivity index (χ1) is 14.1. The Morgan fingerprint density at radius 1 is 1.24 bits per heavy atom. The van der Waals surface area contributed by atoms with Crippen molar-refractivity contribution in [3.63, 3.8) is 0 Å². The van der Waals surface area contributed by atoms with Crippen LogP contribution in [-0.2, 0) is 17.8 Å². The molecule has 2 unspecified atom stereocenters. The van der Waals surface area contributed by atoms with E-state index < -0.39 is 0 Å². The molecule has 1 amide bonds. The summed E-state index contributed by atoms with van der Waals surface area (Å²) in [5.41, 5.74) is 0.869. The molecule has 0 spiro atoms. The number of nitrogens with zero attached hydrogens (tertiary/aromatic N) is 1. The zero-order valence-electron chi connectivity index (χ0n) is 16.2. The summed E-state index contributed by atoms with van der Waals surface area (Å²) in [4.78, 5) is 16.3. The summed E-state index contributed by atoms with van der Waals surface area (Å²) in [6.07, 6.45) is 3.76. The van der Waals surface area contributed by atoms with Crippen molar-refractivity contribution in [3.8, 4) is 11.6 Å². The van der Waals surface area contributed by atoms with Crippen molar-refractivity contribution in [3.05, 3.63) is 77.6 Å². The molecule has 1 saturated carbocycles. The lowest BCUT2D eigenvalue weighted by atomic mass is 10.2. The monoisotopic (exact) mass is 394 g/mol. The molecule has 150 valence electrons. The van der Waals surface area contributed by atoms with Crippen LogP contribution >= 0.6 is 0 Å². The van der Waals surface area contributed by atoms with E-state index in [2.05, 4.69) is 17.2 Å². The number of carbonyl (C=O) groups is 1. The Balaban J connectivity index is 1.24. The van der Waals surface area contributed by atoms with Crippen molar-refractivity contribution in [1.29, 1.82) is 0 Å². The van der Waals surface area contributed by atoms with Gasteiger partial charge in [-0.2, -0.15) is 0 Å². The minimum atomic E-state index is -0.324. The van der Waals surface area contributed by atoms with Gasteiger partial charge in [-0.1, -0.05) is 6.92 Å². The predicted octanol–water partition coefficient (Wildman–Crippen LogP) is 4.98. The van der Waals surface area contributed by atoms with E-state index in [1.165, 1.54) is 30.7 Å². The number of amides is 1. The van der Waals surface area contributed by atoms with E-state index in [-0.39, 0.29) is 11.7 Å². The molecule has 2 atom stereocenters. The van der Waals surface area contributed by atoms with Crippen molar-refractivity contribution in [1.82, 2.24) is 10.3 Å². The maximum absolute atomic E-state index is 13.0. The molecule has 2 aromatic heterocycles. The fraction of sp³-hybridized carbons (Fsp3) is 0.304. The highest BCUT2D eigenvalue weighted by Crippen LogP contribution is 2.47. The average molecular weight is 394 g/mol. The van der Waals surface area contributed by atoms with Crippen LogP contribution in [0.5, 0.6) is 11.6 Å². The number of pyridine rings is 1. The van der Waals surface area contributed by atoms with Crippen molar-refractivity contribution in [2.75, 3.05) is 0 Å². The number of benzene rings is 1. The van der Waals surface area contributed by atoms with Gasteiger partial charge in [-0.25, -0.2) is 9.37 Å². The Kier molecular flexibility index (Phi) is 5.60. The van der Waals surface area contributed by atoms with E-state index in [0.717, 1.165) is 17.1 Å². The second kappa shape index (κ2) is 8.47. The number of halogens is 1. The number of carbonyl (C=O) groups excluding carboxylic acids is 1. The van der Waals surface area contributed by atoms with Crippen molar-refractivity contribution >= 4 is 5.91 Å². The molecule has 0 bridgehead atoms. The third kappa shape index (κ3) is 5.22. The Hall–Kier alpha value is -3.15. The number of aryl methyl sites for hydroxylation is 1. The lowest BCUT2D eigenvalue weighted by Gasteiger charge is -2.08. The third-order valence-electron chi connectivity index (χ3n) is 5.08. The van der Waals surface area contributed by atoms with Gasteiger partial charge in [0.2, 0.25) is 11.8 Å². The number of aromatic nitrogens is 1. The van der Waals surface area contributed by atoms with Crippen LogP contribution in [0.2, 0.25) is 0 Å². The standard InChI is InChI=1S/C23H23FN2O3/c1-15-12-20(15)21-8-6-18(28-21)7-9-22(27)26-14-16-10-11-25-23(13-16)29-19-4-2-17(24)3-5-19/h2-6,8,10-11,13,15,20H,7,9,12,14H2,1H3,(H,26,27). The zero-order valence-corrected chi connectivity index (χ0v) is 16.2. The molecule has 3 aromatic rings. The molecule has 6 heteroatoms. The molecule has 0 aliphatic heterocycles. The summed E-state index contributed by atoms with van der Waals surface area (Å²) >= 11 is 0. The number of hydrogen-bond donors (Lipinski definition) is 1. The Labute approximate surface area is 168 Å². The van der Waals surface area contributed by atoms with Crippen LogP contribution in [0.3, 0.4) is 0 Å². The summed E-state index contributed by atoms with van der Waals surface area (Å²) in [6.45, 7) is 2.60. The highest BCUT2D eigenvalue weighted by atomic mass is 19.1. The molecule has 1 aromatic carbocycles. The quantitative estimate of drug-likeness (QED) is 0.585. The average Bonchev–Trinajstić information content (AvgIpc) is 3.26. The van der Waals surface area contributed by atoms with Crippen LogP contribution in [-0.4, -0.2) is 10.9 Å². The molecule has 1 aliphatic rings. The number of rotatable bonds is 8. The SMILES string of the molecule is CC1CC1c1ccc(CCC(=O)NCc2ccnc(Oc3ccc(F)cc3)c2)o1. The molecule has 5 nitrogen and oxygen atoms in total. The number of nitrogens with one attached hydrogen (secondary N) is 1. The molecule has 29 heavy (non-hydrogen) atoms. The molecule has 1 N–H and O–H groups in total. The van der Waals surface area contributed by atoms with Gasteiger partial charge in [0.25, 0.3) is 0 Å². The number of ether oxygens (including phenoxy) is 1. The van der Waals surface area contributed by atoms with Crippen LogP contribution < -0.4 is 10.1 Å². The Morgan fingerprint density at radius 3 is 2.79 bits per heavy atom. The summed E-state index contributed by atoms with van der Waals surface area (Å²) in [5.74, 6) is 3.67. The highest BCUT2D eigenvalue weighted by Gasteiger charge is 2.36. The molecular formula is C23H23FN2O3. The van der Waals surface area contributed by atoms with Crippen molar-refractivity contribution < 1.29 is 18.3 Å². The van der Waals surface area contributed by atoms with E-state index in [1.54, 1.807) is 12.3 Å². The summed E-state index contributed by atoms with van der Waals surface area (Å²) in [7, 11) is 0. The van der Waals surface area contributed by atoms with Gasteiger partial charge in [0.05, 0.1) is 0 Å². The van der Waals surface area contributed by atoms with Crippen molar-refractivity contribution in [2.45, 2.75) is 38.6 Å². The van der Waals surface area contributed by atoms with Gasteiger partial charge in [0.15, 0.2) is 0 Å². The van der Waals surface area contributed by atoms with E-state index in [0.29, 0.717) is 42.9 Å². The van der Waals surface area contributed by atoms with Gasteiger partial charge in [-0.15, -0.1) is 0 Å². The Morgan fingerprint density at radius 2 is 2.03 bits per heavy atom. The van der Waals surface area contributed by atoms with Crippen LogP contribution in [0.1, 0.15) is 42.8 Å². The van der Waals surface area contributed by atoms with Gasteiger partial charge in [0, 0.05) is 37.6 Å². The lowest BCUT2D eigenvalue weighted by molar-refractivity contribution is -0.121. The summed E-state index contributed by atoms with van der Waals surface area (Å²) < 4.78 is 24.4.